The predicted octanol–water partition coefficient (Wildman–Crippen LogP) is 4.42. The van der Waals surface area contributed by atoms with Gasteiger partial charge in [-0.1, -0.05) is 12.1 Å². The maximum Gasteiger partial charge on any atom is 0.420 e. The van der Waals surface area contributed by atoms with Gasteiger partial charge >= 0.3 is 12.1 Å². The van der Waals surface area contributed by atoms with E-state index in [1.54, 1.807) is 6.92 Å². The number of carbonyl (C=O) groups is 2. The molecule has 0 saturated heterocycles. The number of rotatable bonds is 3. The van der Waals surface area contributed by atoms with Crippen LogP contribution in [-0.2, 0) is 9.53 Å². The number of carbonyl (C=O) groups excluding carboxylic acids is 2. The highest BCUT2D eigenvalue weighted by molar-refractivity contribution is 6.11. The Balaban J connectivity index is 1.77. The Morgan fingerprint density at radius 3 is 2.31 bits per heavy atom. The zero-order valence-corrected chi connectivity index (χ0v) is 14.3. The fraction of sp³-hybridized carbons (Fsp3) is 0.500. The monoisotopic (exact) mass is 364 g/mol. The second-order valence-electron chi connectivity index (χ2n) is 7.33. The third-order valence-corrected chi connectivity index (χ3v) is 6.06. The molecule has 0 radical (unpaired) electrons. The van der Waals surface area contributed by atoms with Crippen LogP contribution in [0.25, 0.3) is 5.57 Å². The van der Waals surface area contributed by atoms with Crippen LogP contribution in [0, 0.1) is 23.7 Å². The number of hydrogen-bond acceptors (Lipinski definition) is 3. The summed E-state index contributed by atoms with van der Waals surface area (Å²) < 4.78 is 46.0. The van der Waals surface area contributed by atoms with Crippen LogP contribution in [0.4, 0.5) is 13.2 Å². The summed E-state index contributed by atoms with van der Waals surface area (Å²) in [5, 5.41) is 0. The summed E-state index contributed by atoms with van der Waals surface area (Å²) in [6, 6.07) is 5.96. The SMILES string of the molecule is CCOC(=O)c1ccc(C2=C(C(F)(F)F)C(=O)[C@@H]3[C@H]4CC[C@H](C4)[C@H]23)cc1. The normalized spacial score (nSPS) is 30.1. The van der Waals surface area contributed by atoms with Crippen molar-refractivity contribution in [1.82, 2.24) is 0 Å². The van der Waals surface area contributed by atoms with Crippen molar-refractivity contribution < 1.29 is 27.5 Å². The first-order valence-electron chi connectivity index (χ1n) is 8.96. The molecule has 1 aromatic rings. The zero-order chi connectivity index (χ0) is 18.6. The first-order chi connectivity index (χ1) is 12.3. The number of ketones is 1. The van der Waals surface area contributed by atoms with E-state index < -0.39 is 29.4 Å². The summed E-state index contributed by atoms with van der Waals surface area (Å²) in [6.07, 6.45) is -2.08. The lowest BCUT2D eigenvalue weighted by molar-refractivity contribution is -0.131. The minimum atomic E-state index is -4.66. The lowest BCUT2D eigenvalue weighted by atomic mass is 9.77. The number of hydrogen-bond donors (Lipinski definition) is 0. The number of esters is 1. The molecule has 4 rings (SSSR count). The van der Waals surface area contributed by atoms with Crippen LogP contribution in [0.3, 0.4) is 0 Å². The number of allylic oxidation sites excluding steroid dienone is 2. The van der Waals surface area contributed by atoms with Gasteiger partial charge in [0.1, 0.15) is 5.57 Å². The zero-order valence-electron chi connectivity index (χ0n) is 14.3. The Morgan fingerprint density at radius 1 is 1.12 bits per heavy atom. The van der Waals surface area contributed by atoms with Crippen LogP contribution in [0.15, 0.2) is 29.8 Å². The fourth-order valence-corrected chi connectivity index (χ4v) is 5.18. The topological polar surface area (TPSA) is 43.4 Å². The molecule has 0 unspecified atom stereocenters. The molecule has 2 saturated carbocycles. The quantitative estimate of drug-likeness (QED) is 0.746. The minimum absolute atomic E-state index is 0.0751. The highest BCUT2D eigenvalue weighted by atomic mass is 19.4. The van der Waals surface area contributed by atoms with E-state index in [-0.39, 0.29) is 29.9 Å². The predicted molar refractivity (Wildman–Crippen MR) is 88.2 cm³/mol. The standard InChI is InChI=1S/C20H19F3O3/c1-2-26-19(25)11-5-3-10(4-6-11)15-14-12-7-8-13(9-12)16(14)18(24)17(15)20(21,22)23/h3-6,12-14,16H,2,7-9H2,1H3/t12-,13+,14-,16-/m1/s1. The first-order valence-corrected chi connectivity index (χ1v) is 8.96. The van der Waals surface area contributed by atoms with Crippen LogP contribution in [0.5, 0.6) is 0 Å². The van der Waals surface area contributed by atoms with Gasteiger partial charge in [0.2, 0.25) is 0 Å². The van der Waals surface area contributed by atoms with Gasteiger partial charge in [-0.2, -0.15) is 13.2 Å². The van der Waals surface area contributed by atoms with Gasteiger partial charge in [-0.15, -0.1) is 0 Å². The molecule has 0 aromatic heterocycles. The van der Waals surface area contributed by atoms with Crippen molar-refractivity contribution in [2.24, 2.45) is 23.7 Å². The summed E-state index contributed by atoms with van der Waals surface area (Å²) in [6.45, 7) is 1.91. The largest absolute Gasteiger partial charge is 0.462 e. The number of Topliss-reactive ketones (excluding diaryl/α,β-unsaturated/α-hetero) is 1. The molecule has 0 spiro atoms. The molecule has 4 atom stereocenters. The van der Waals surface area contributed by atoms with Gasteiger partial charge in [-0.25, -0.2) is 4.79 Å². The van der Waals surface area contributed by atoms with Crippen molar-refractivity contribution in [1.29, 1.82) is 0 Å². The average Bonchev–Trinajstić information content (AvgIpc) is 3.26. The Bertz CT molecular complexity index is 792. The van der Waals surface area contributed by atoms with Gasteiger partial charge in [-0.3, -0.25) is 4.79 Å². The first kappa shape index (κ1) is 17.3. The molecule has 3 aliphatic carbocycles. The molecule has 0 aliphatic heterocycles. The van der Waals surface area contributed by atoms with E-state index in [4.69, 9.17) is 4.74 Å². The number of alkyl halides is 3. The second kappa shape index (κ2) is 5.96. The van der Waals surface area contributed by atoms with Crippen molar-refractivity contribution in [3.05, 3.63) is 41.0 Å². The third-order valence-electron chi connectivity index (χ3n) is 6.06. The summed E-state index contributed by atoms with van der Waals surface area (Å²) in [5.74, 6) is -1.89. The van der Waals surface area contributed by atoms with Gasteiger partial charge in [0.25, 0.3) is 0 Å². The molecule has 3 nitrogen and oxygen atoms in total. The van der Waals surface area contributed by atoms with E-state index in [9.17, 15) is 22.8 Å². The van der Waals surface area contributed by atoms with E-state index in [2.05, 4.69) is 0 Å². The average molecular weight is 364 g/mol. The molecule has 2 fully saturated rings. The van der Waals surface area contributed by atoms with Gasteiger partial charge in [-0.05, 0) is 67.2 Å². The number of fused-ring (bicyclic) bond motifs is 5. The maximum absolute atomic E-state index is 13.7. The second-order valence-corrected chi connectivity index (χ2v) is 7.33. The Labute approximate surface area is 149 Å². The highest BCUT2D eigenvalue weighted by Crippen LogP contribution is 2.62. The van der Waals surface area contributed by atoms with Crippen molar-refractivity contribution >= 4 is 17.3 Å². The van der Waals surface area contributed by atoms with E-state index in [1.807, 2.05) is 0 Å². The molecule has 0 amide bonds. The maximum atomic E-state index is 13.7. The van der Waals surface area contributed by atoms with Gasteiger partial charge in [0.15, 0.2) is 5.78 Å². The van der Waals surface area contributed by atoms with Crippen LogP contribution in [-0.4, -0.2) is 24.5 Å². The van der Waals surface area contributed by atoms with E-state index in [0.717, 1.165) is 19.3 Å². The molecule has 1 aromatic carbocycles. The van der Waals surface area contributed by atoms with Crippen LogP contribution in [0.1, 0.15) is 42.1 Å². The van der Waals surface area contributed by atoms with Crippen molar-refractivity contribution in [3.8, 4) is 0 Å². The van der Waals surface area contributed by atoms with Crippen LogP contribution >= 0.6 is 0 Å². The minimum Gasteiger partial charge on any atom is -0.462 e. The Morgan fingerprint density at radius 2 is 1.73 bits per heavy atom. The number of halogens is 3. The molecule has 2 bridgehead atoms. The van der Waals surface area contributed by atoms with E-state index in [0.29, 0.717) is 11.1 Å². The fourth-order valence-electron chi connectivity index (χ4n) is 5.18. The van der Waals surface area contributed by atoms with Crippen molar-refractivity contribution in [2.75, 3.05) is 6.61 Å². The molecule has 0 heterocycles. The molecule has 138 valence electrons. The Hall–Kier alpha value is -2.11. The smallest absolute Gasteiger partial charge is 0.420 e. The number of benzene rings is 1. The summed E-state index contributed by atoms with van der Waals surface area (Å²) in [4.78, 5) is 24.4. The van der Waals surface area contributed by atoms with Crippen molar-refractivity contribution in [2.45, 2.75) is 32.4 Å². The highest BCUT2D eigenvalue weighted by Gasteiger charge is 2.61. The molecular formula is C20H19F3O3. The van der Waals surface area contributed by atoms with E-state index in [1.165, 1.54) is 24.3 Å². The summed E-state index contributed by atoms with van der Waals surface area (Å²) in [5.41, 5.74) is -0.166. The van der Waals surface area contributed by atoms with Crippen LogP contribution < -0.4 is 0 Å². The molecular weight excluding hydrogens is 345 g/mol. The number of ether oxygens (including phenoxy) is 1. The van der Waals surface area contributed by atoms with E-state index >= 15 is 0 Å². The van der Waals surface area contributed by atoms with Crippen LogP contribution in [0.2, 0.25) is 0 Å². The summed E-state index contributed by atoms with van der Waals surface area (Å²) in [7, 11) is 0. The molecule has 3 aliphatic rings. The van der Waals surface area contributed by atoms with Crippen molar-refractivity contribution in [3.63, 3.8) is 0 Å². The molecule has 26 heavy (non-hydrogen) atoms. The lowest BCUT2D eigenvalue weighted by Crippen LogP contribution is -2.27. The van der Waals surface area contributed by atoms with Gasteiger partial charge < -0.3 is 4.74 Å². The van der Waals surface area contributed by atoms with Gasteiger partial charge in [0.05, 0.1) is 12.2 Å². The molecule has 6 heteroatoms. The molecule has 0 N–H and O–H groups in total. The Kier molecular flexibility index (Phi) is 3.97. The summed E-state index contributed by atoms with van der Waals surface area (Å²) >= 11 is 0. The third kappa shape index (κ3) is 2.49. The van der Waals surface area contributed by atoms with Gasteiger partial charge in [0, 0.05) is 5.92 Å². The lowest BCUT2D eigenvalue weighted by Gasteiger charge is -2.26.